The molecule has 26 heavy (non-hydrogen) atoms. The van der Waals surface area contributed by atoms with Crippen molar-refractivity contribution >= 4 is 29.9 Å². The van der Waals surface area contributed by atoms with Crippen LogP contribution in [0.15, 0.2) is 23.5 Å². The van der Waals surface area contributed by atoms with Crippen LogP contribution in [-0.2, 0) is 13.0 Å². The van der Waals surface area contributed by atoms with Crippen LogP contribution < -0.4 is 10.6 Å². The van der Waals surface area contributed by atoms with Crippen molar-refractivity contribution in [3.05, 3.63) is 24.3 Å². The summed E-state index contributed by atoms with van der Waals surface area (Å²) in [4.78, 5) is 7.17. The summed E-state index contributed by atoms with van der Waals surface area (Å²) in [5.41, 5.74) is 1.06. The number of nitrogens with one attached hydrogen (secondary N) is 2. The minimum absolute atomic E-state index is 0. The molecule has 1 unspecified atom stereocenters. The molecule has 0 radical (unpaired) electrons. The Morgan fingerprint density at radius 2 is 2.19 bits per heavy atom. The Bertz CT molecular complexity index is 570. The first-order valence-electron chi connectivity index (χ1n) is 9.41. The Morgan fingerprint density at radius 3 is 2.88 bits per heavy atom. The zero-order valence-electron chi connectivity index (χ0n) is 16.4. The average molecular weight is 475 g/mol. The Kier molecular flexibility index (Phi) is 10.8. The molecule has 1 aromatic heterocycles. The van der Waals surface area contributed by atoms with Gasteiger partial charge in [0.05, 0.1) is 6.54 Å². The number of likely N-dealkylation sites (tertiary alicyclic amines) is 1. The Hall–Kier alpha value is -1.16. The molecular formula is C18H34IN7. The van der Waals surface area contributed by atoms with Gasteiger partial charge < -0.3 is 15.2 Å². The first kappa shape index (κ1) is 22.9. The fourth-order valence-corrected chi connectivity index (χ4v) is 3.18. The van der Waals surface area contributed by atoms with Crippen LogP contribution in [0.5, 0.6) is 0 Å². The molecule has 1 aliphatic heterocycles. The van der Waals surface area contributed by atoms with E-state index in [1.807, 2.05) is 6.92 Å². The molecule has 2 N–H and O–H groups in total. The predicted molar refractivity (Wildman–Crippen MR) is 118 cm³/mol. The number of nitrogens with zero attached hydrogens (tertiary/aromatic N) is 5. The van der Waals surface area contributed by atoms with Crippen molar-refractivity contribution in [2.45, 2.75) is 52.6 Å². The Labute approximate surface area is 174 Å². The number of halogens is 1. The first-order valence-corrected chi connectivity index (χ1v) is 9.41. The third-order valence-electron chi connectivity index (χ3n) is 4.57. The molecule has 0 aromatic carbocycles. The maximum atomic E-state index is 4.63. The van der Waals surface area contributed by atoms with Crippen molar-refractivity contribution in [2.75, 3.05) is 32.7 Å². The lowest BCUT2D eigenvalue weighted by Crippen LogP contribution is -2.45. The number of aryl methyl sites for hydroxylation is 1. The quantitative estimate of drug-likeness (QED) is 0.248. The van der Waals surface area contributed by atoms with E-state index in [0.717, 1.165) is 50.0 Å². The van der Waals surface area contributed by atoms with Crippen molar-refractivity contribution in [2.24, 2.45) is 4.99 Å². The number of guanidine groups is 1. The summed E-state index contributed by atoms with van der Waals surface area (Å²) in [7, 11) is 0. The fraction of sp³-hybridized carbons (Fsp3) is 0.722. The molecule has 1 saturated heterocycles. The minimum Gasteiger partial charge on any atom is -0.355 e. The van der Waals surface area contributed by atoms with Crippen LogP contribution in [0.4, 0.5) is 0 Å². The predicted octanol–water partition coefficient (Wildman–Crippen LogP) is 2.05. The molecule has 8 heteroatoms. The van der Waals surface area contributed by atoms with E-state index in [-0.39, 0.29) is 24.0 Å². The molecular weight excluding hydrogens is 441 g/mol. The molecule has 0 saturated carbocycles. The van der Waals surface area contributed by atoms with E-state index >= 15 is 0 Å². The van der Waals surface area contributed by atoms with Crippen LogP contribution in [0.3, 0.4) is 0 Å². The van der Waals surface area contributed by atoms with Crippen molar-refractivity contribution in [3.8, 4) is 0 Å². The highest BCUT2D eigenvalue weighted by atomic mass is 127. The second-order valence-electron chi connectivity index (χ2n) is 6.65. The topological polar surface area (TPSA) is 70.4 Å². The van der Waals surface area contributed by atoms with Crippen molar-refractivity contribution in [1.82, 2.24) is 30.3 Å². The van der Waals surface area contributed by atoms with E-state index in [9.17, 15) is 0 Å². The molecule has 0 amide bonds. The number of aliphatic imine (C=N–C) groups is 1. The van der Waals surface area contributed by atoms with Gasteiger partial charge in [-0.3, -0.25) is 4.90 Å². The summed E-state index contributed by atoms with van der Waals surface area (Å²) in [6.45, 7) is 15.8. The molecule has 1 aliphatic rings. The van der Waals surface area contributed by atoms with Gasteiger partial charge in [-0.1, -0.05) is 26.0 Å². The van der Waals surface area contributed by atoms with E-state index in [0.29, 0.717) is 12.6 Å². The van der Waals surface area contributed by atoms with E-state index in [2.05, 4.69) is 55.7 Å². The van der Waals surface area contributed by atoms with Crippen molar-refractivity contribution in [3.63, 3.8) is 0 Å². The molecule has 148 valence electrons. The van der Waals surface area contributed by atoms with Gasteiger partial charge in [0.15, 0.2) is 5.96 Å². The minimum atomic E-state index is 0. The van der Waals surface area contributed by atoms with Gasteiger partial charge in [0.2, 0.25) is 0 Å². The van der Waals surface area contributed by atoms with Crippen molar-refractivity contribution in [1.29, 1.82) is 0 Å². The summed E-state index contributed by atoms with van der Waals surface area (Å²) in [6, 6.07) is 0.603. The van der Waals surface area contributed by atoms with Gasteiger partial charge >= 0.3 is 0 Å². The van der Waals surface area contributed by atoms with E-state index in [1.165, 1.54) is 19.4 Å². The molecule has 2 heterocycles. The third kappa shape index (κ3) is 7.22. The summed E-state index contributed by atoms with van der Waals surface area (Å²) in [5, 5.41) is 15.0. The normalized spacial score (nSPS) is 17.8. The van der Waals surface area contributed by atoms with Gasteiger partial charge in [-0.25, -0.2) is 4.99 Å². The lowest BCUT2D eigenvalue weighted by atomic mass is 10.2. The van der Waals surface area contributed by atoms with Crippen LogP contribution >= 0.6 is 24.0 Å². The summed E-state index contributed by atoms with van der Waals surface area (Å²) >= 11 is 0. The zero-order chi connectivity index (χ0) is 18.1. The molecule has 7 nitrogen and oxygen atoms in total. The number of hydrogen-bond acceptors (Lipinski definition) is 4. The second kappa shape index (κ2) is 12.3. The van der Waals surface area contributed by atoms with E-state index in [4.69, 9.17) is 0 Å². The first-order chi connectivity index (χ1) is 12.1. The highest BCUT2D eigenvalue weighted by Gasteiger charge is 2.22. The van der Waals surface area contributed by atoms with Crippen LogP contribution in [0.1, 0.15) is 39.4 Å². The van der Waals surface area contributed by atoms with Gasteiger partial charge in [-0.2, -0.15) is 0 Å². The van der Waals surface area contributed by atoms with Gasteiger partial charge in [-0.05, 0) is 32.9 Å². The van der Waals surface area contributed by atoms with Crippen LogP contribution in [0.25, 0.3) is 0 Å². The van der Waals surface area contributed by atoms with Crippen LogP contribution in [0.2, 0.25) is 0 Å². The fourth-order valence-electron chi connectivity index (χ4n) is 3.18. The molecule has 2 rings (SSSR count). The van der Waals surface area contributed by atoms with Gasteiger partial charge in [0.25, 0.3) is 0 Å². The van der Waals surface area contributed by atoms with E-state index in [1.54, 1.807) is 6.33 Å². The largest absolute Gasteiger partial charge is 0.355 e. The van der Waals surface area contributed by atoms with Gasteiger partial charge in [-0.15, -0.1) is 34.2 Å². The van der Waals surface area contributed by atoms with Gasteiger partial charge in [0.1, 0.15) is 12.2 Å². The average Bonchev–Trinajstić information content (AvgIpc) is 3.24. The smallest absolute Gasteiger partial charge is 0.191 e. The van der Waals surface area contributed by atoms with Gasteiger partial charge in [0, 0.05) is 32.1 Å². The number of likely N-dealkylation sites (N-methyl/N-ethyl adjacent to an activating group) is 1. The maximum Gasteiger partial charge on any atom is 0.191 e. The molecule has 0 aliphatic carbocycles. The molecule has 1 fully saturated rings. The number of aromatic nitrogens is 3. The summed E-state index contributed by atoms with van der Waals surface area (Å²) < 4.78 is 2.08. The lowest BCUT2D eigenvalue weighted by molar-refractivity contribution is 0.267. The van der Waals surface area contributed by atoms with E-state index < -0.39 is 0 Å². The Morgan fingerprint density at radius 1 is 1.38 bits per heavy atom. The highest BCUT2D eigenvalue weighted by Crippen LogP contribution is 2.15. The molecule has 1 atom stereocenters. The molecule has 0 bridgehead atoms. The van der Waals surface area contributed by atoms with Crippen molar-refractivity contribution < 1.29 is 0 Å². The standard InChI is InChI=1S/C18H33N7.HI/c1-5-17-23-22-14-25(17)11-9-19-18(20-12-15(3)4)21-13-16-8-7-10-24(16)6-2;/h14,16H,3,5-13H2,1-2,4H3,(H2,19,20,21);1H. The summed E-state index contributed by atoms with van der Waals surface area (Å²) in [5.74, 6) is 1.87. The second-order valence-corrected chi connectivity index (χ2v) is 6.65. The van der Waals surface area contributed by atoms with Crippen LogP contribution in [-0.4, -0.2) is 64.4 Å². The lowest BCUT2D eigenvalue weighted by Gasteiger charge is -2.24. The summed E-state index contributed by atoms with van der Waals surface area (Å²) in [6.07, 6.45) is 5.23. The molecule has 0 spiro atoms. The maximum absolute atomic E-state index is 4.63. The zero-order valence-corrected chi connectivity index (χ0v) is 18.7. The van der Waals surface area contributed by atoms with Crippen LogP contribution in [0, 0.1) is 0 Å². The Balaban J connectivity index is 0.00000338. The monoisotopic (exact) mass is 475 g/mol. The highest BCUT2D eigenvalue weighted by molar-refractivity contribution is 14.0. The third-order valence-corrected chi connectivity index (χ3v) is 4.57. The SMILES string of the molecule is C=C(C)CN=C(NCCn1cnnc1CC)NCC1CCCN1CC.I. The number of rotatable bonds is 9. The number of hydrogen-bond donors (Lipinski definition) is 2. The molecule has 1 aromatic rings.